The predicted molar refractivity (Wildman–Crippen MR) is 94.0 cm³/mol. The summed E-state index contributed by atoms with van der Waals surface area (Å²) in [6.45, 7) is 4.73. The molecule has 136 valence electrons. The molecule has 2 aliphatic heterocycles. The smallest absolute Gasteiger partial charge is 0.354 e. The van der Waals surface area contributed by atoms with Crippen LogP contribution in [0.2, 0.25) is 0 Å². The van der Waals surface area contributed by atoms with E-state index in [1.807, 2.05) is 4.90 Å². The molecular formula is C17H25N5O3. The van der Waals surface area contributed by atoms with E-state index in [0.29, 0.717) is 24.9 Å². The lowest BCUT2D eigenvalue weighted by Gasteiger charge is -2.32. The monoisotopic (exact) mass is 347 g/mol. The Morgan fingerprint density at radius 2 is 1.80 bits per heavy atom. The predicted octanol–water partition coefficient (Wildman–Crippen LogP) is 1.59. The molecule has 0 bridgehead atoms. The lowest BCUT2D eigenvalue weighted by Crippen LogP contribution is -2.41. The van der Waals surface area contributed by atoms with Gasteiger partial charge in [0.25, 0.3) is 0 Å². The largest absolute Gasteiger partial charge is 0.477 e. The van der Waals surface area contributed by atoms with Gasteiger partial charge in [-0.25, -0.2) is 9.78 Å². The van der Waals surface area contributed by atoms with Crippen molar-refractivity contribution in [1.82, 2.24) is 14.9 Å². The number of nitrogens with zero attached hydrogens (tertiary/aromatic N) is 4. The van der Waals surface area contributed by atoms with E-state index in [-0.39, 0.29) is 17.6 Å². The van der Waals surface area contributed by atoms with Crippen molar-refractivity contribution < 1.29 is 14.7 Å². The molecule has 3 rings (SSSR count). The van der Waals surface area contributed by atoms with Gasteiger partial charge in [-0.15, -0.1) is 0 Å². The minimum Gasteiger partial charge on any atom is -0.477 e. The van der Waals surface area contributed by atoms with Crippen LogP contribution in [0, 0.1) is 0 Å². The maximum Gasteiger partial charge on any atom is 0.354 e. The summed E-state index contributed by atoms with van der Waals surface area (Å²) in [4.78, 5) is 35.5. The Bertz CT molecular complexity index is 637. The molecule has 2 aliphatic rings. The van der Waals surface area contributed by atoms with Gasteiger partial charge in [0.05, 0.1) is 0 Å². The zero-order valence-electron chi connectivity index (χ0n) is 14.6. The first-order chi connectivity index (χ1) is 12.0. The third kappa shape index (κ3) is 4.37. The van der Waals surface area contributed by atoms with Gasteiger partial charge in [0.15, 0.2) is 5.69 Å². The van der Waals surface area contributed by atoms with Gasteiger partial charge in [-0.1, -0.05) is 0 Å². The molecule has 25 heavy (non-hydrogen) atoms. The maximum atomic E-state index is 11.4. The highest BCUT2D eigenvalue weighted by Crippen LogP contribution is 2.21. The second kappa shape index (κ2) is 7.67. The number of carbonyl (C=O) groups excluding carboxylic acids is 1. The van der Waals surface area contributed by atoms with Crippen LogP contribution in [0.15, 0.2) is 6.07 Å². The van der Waals surface area contributed by atoms with Crippen molar-refractivity contribution in [2.24, 2.45) is 0 Å². The molecule has 0 aliphatic carbocycles. The molecule has 1 amide bonds. The number of aromatic nitrogens is 2. The lowest BCUT2D eigenvalue weighted by atomic mass is 10.1. The standard InChI is InChI=1S/C17H25N5O3/c1-12(23)21-9-5-13(6-10-21)18-15-11-14(16(24)25)19-17(20-15)22-7-3-2-4-8-22/h11,13H,2-10H2,1H3,(H,24,25)(H,18,19,20). The van der Waals surface area contributed by atoms with Crippen LogP contribution in [-0.4, -0.2) is 64.1 Å². The molecule has 0 spiro atoms. The average molecular weight is 347 g/mol. The molecule has 1 aromatic heterocycles. The van der Waals surface area contributed by atoms with Crippen molar-refractivity contribution in [3.05, 3.63) is 11.8 Å². The Balaban J connectivity index is 1.73. The van der Waals surface area contributed by atoms with E-state index in [2.05, 4.69) is 20.2 Å². The van der Waals surface area contributed by atoms with Gasteiger partial charge in [-0.05, 0) is 32.1 Å². The molecule has 8 nitrogen and oxygen atoms in total. The summed E-state index contributed by atoms with van der Waals surface area (Å²) in [5.41, 5.74) is 0.0132. The van der Waals surface area contributed by atoms with Crippen LogP contribution in [-0.2, 0) is 4.79 Å². The van der Waals surface area contributed by atoms with Gasteiger partial charge in [0.2, 0.25) is 11.9 Å². The normalized spacial score (nSPS) is 18.9. The second-order valence-corrected chi connectivity index (χ2v) is 6.72. The Labute approximate surface area is 147 Å². The summed E-state index contributed by atoms with van der Waals surface area (Å²) in [6.07, 6.45) is 4.99. The zero-order chi connectivity index (χ0) is 17.8. The molecule has 0 radical (unpaired) electrons. The number of likely N-dealkylation sites (tertiary alicyclic amines) is 1. The van der Waals surface area contributed by atoms with E-state index in [1.54, 1.807) is 6.92 Å². The van der Waals surface area contributed by atoms with Crippen LogP contribution in [0.1, 0.15) is 49.5 Å². The van der Waals surface area contributed by atoms with Crippen molar-refractivity contribution in [2.45, 2.75) is 45.1 Å². The molecule has 0 unspecified atom stereocenters. The average Bonchev–Trinajstić information content (AvgIpc) is 2.62. The number of hydrogen-bond donors (Lipinski definition) is 2. The van der Waals surface area contributed by atoms with Gasteiger partial charge in [0, 0.05) is 45.2 Å². The van der Waals surface area contributed by atoms with Gasteiger partial charge in [-0.3, -0.25) is 4.79 Å². The number of nitrogens with one attached hydrogen (secondary N) is 1. The number of rotatable bonds is 4. The van der Waals surface area contributed by atoms with E-state index in [0.717, 1.165) is 38.8 Å². The summed E-state index contributed by atoms with van der Waals surface area (Å²) in [7, 11) is 0. The Morgan fingerprint density at radius 3 is 2.40 bits per heavy atom. The van der Waals surface area contributed by atoms with E-state index in [4.69, 9.17) is 0 Å². The molecule has 0 saturated carbocycles. The molecule has 2 N–H and O–H groups in total. The van der Waals surface area contributed by atoms with Crippen LogP contribution in [0.5, 0.6) is 0 Å². The van der Waals surface area contributed by atoms with Gasteiger partial charge >= 0.3 is 5.97 Å². The second-order valence-electron chi connectivity index (χ2n) is 6.72. The van der Waals surface area contributed by atoms with Crippen molar-refractivity contribution in [1.29, 1.82) is 0 Å². The molecule has 2 fully saturated rings. The van der Waals surface area contributed by atoms with E-state index in [9.17, 15) is 14.7 Å². The van der Waals surface area contributed by atoms with E-state index >= 15 is 0 Å². The van der Waals surface area contributed by atoms with Crippen LogP contribution in [0.25, 0.3) is 0 Å². The van der Waals surface area contributed by atoms with Crippen molar-refractivity contribution >= 4 is 23.6 Å². The Morgan fingerprint density at radius 1 is 1.12 bits per heavy atom. The number of amides is 1. The highest BCUT2D eigenvalue weighted by molar-refractivity contribution is 5.86. The molecule has 2 saturated heterocycles. The molecule has 0 aromatic carbocycles. The van der Waals surface area contributed by atoms with E-state index in [1.165, 1.54) is 12.5 Å². The zero-order valence-corrected chi connectivity index (χ0v) is 14.6. The third-order valence-electron chi connectivity index (χ3n) is 4.86. The quantitative estimate of drug-likeness (QED) is 0.853. The van der Waals surface area contributed by atoms with Crippen LogP contribution >= 0.6 is 0 Å². The SMILES string of the molecule is CC(=O)N1CCC(Nc2cc(C(=O)O)nc(N3CCCCC3)n2)CC1. The van der Waals surface area contributed by atoms with Crippen molar-refractivity contribution in [3.63, 3.8) is 0 Å². The van der Waals surface area contributed by atoms with Crippen LogP contribution in [0.4, 0.5) is 11.8 Å². The Kier molecular flexibility index (Phi) is 5.35. The number of hydrogen-bond acceptors (Lipinski definition) is 6. The first-order valence-corrected chi connectivity index (χ1v) is 8.92. The number of carboxylic acid groups (broad SMARTS) is 1. The van der Waals surface area contributed by atoms with Gasteiger partial charge in [-0.2, -0.15) is 4.98 Å². The summed E-state index contributed by atoms with van der Waals surface area (Å²) < 4.78 is 0. The number of anilines is 2. The number of carboxylic acids is 1. The number of carbonyl (C=O) groups is 2. The van der Waals surface area contributed by atoms with Crippen molar-refractivity contribution in [2.75, 3.05) is 36.4 Å². The van der Waals surface area contributed by atoms with Crippen molar-refractivity contribution in [3.8, 4) is 0 Å². The van der Waals surface area contributed by atoms with Gasteiger partial charge in [0.1, 0.15) is 5.82 Å². The minimum absolute atomic E-state index is 0.0132. The minimum atomic E-state index is -1.05. The molecule has 3 heterocycles. The first kappa shape index (κ1) is 17.4. The molecular weight excluding hydrogens is 322 g/mol. The maximum absolute atomic E-state index is 11.4. The Hall–Kier alpha value is -2.38. The summed E-state index contributed by atoms with van der Waals surface area (Å²) in [6, 6.07) is 1.67. The lowest BCUT2D eigenvalue weighted by molar-refractivity contribution is -0.129. The molecule has 0 atom stereocenters. The summed E-state index contributed by atoms with van der Waals surface area (Å²) in [5, 5.41) is 12.7. The van der Waals surface area contributed by atoms with Gasteiger partial charge < -0.3 is 20.2 Å². The fraction of sp³-hybridized carbons (Fsp3) is 0.647. The fourth-order valence-electron chi connectivity index (χ4n) is 3.40. The number of piperidine rings is 2. The number of aromatic carboxylic acids is 1. The highest BCUT2D eigenvalue weighted by atomic mass is 16.4. The topological polar surface area (TPSA) is 98.7 Å². The highest BCUT2D eigenvalue weighted by Gasteiger charge is 2.22. The summed E-state index contributed by atoms with van der Waals surface area (Å²) >= 11 is 0. The van der Waals surface area contributed by atoms with Crippen LogP contribution < -0.4 is 10.2 Å². The van der Waals surface area contributed by atoms with Crippen LogP contribution in [0.3, 0.4) is 0 Å². The molecule has 1 aromatic rings. The molecule has 8 heteroatoms. The summed E-state index contributed by atoms with van der Waals surface area (Å²) in [5.74, 6) is 0.0914. The van der Waals surface area contributed by atoms with E-state index < -0.39 is 5.97 Å². The third-order valence-corrected chi connectivity index (χ3v) is 4.86. The fourth-order valence-corrected chi connectivity index (χ4v) is 3.40. The first-order valence-electron chi connectivity index (χ1n) is 8.92.